The van der Waals surface area contributed by atoms with Gasteiger partial charge in [-0.05, 0) is 24.3 Å². The predicted octanol–water partition coefficient (Wildman–Crippen LogP) is 2.97. The van der Waals surface area contributed by atoms with E-state index in [0.29, 0.717) is 17.1 Å². The van der Waals surface area contributed by atoms with Crippen LogP contribution in [-0.4, -0.2) is 25.1 Å². The second-order valence-electron chi connectivity index (χ2n) is 4.53. The standard InChI is InChI=1S/C16H15NO6/c1-21-14-8-7-11(9-15(14)22-2)16(18)23-10-12-5-3-4-6-13(12)17(19)20/h3-9H,10H2,1-2H3. The molecular weight excluding hydrogens is 302 g/mol. The van der Waals surface area contributed by atoms with E-state index in [0.717, 1.165) is 0 Å². The van der Waals surface area contributed by atoms with Gasteiger partial charge < -0.3 is 14.2 Å². The molecule has 2 aromatic carbocycles. The first-order valence-electron chi connectivity index (χ1n) is 6.68. The van der Waals surface area contributed by atoms with E-state index in [1.54, 1.807) is 24.3 Å². The largest absolute Gasteiger partial charge is 0.493 e. The van der Waals surface area contributed by atoms with E-state index in [9.17, 15) is 14.9 Å². The monoisotopic (exact) mass is 317 g/mol. The lowest BCUT2D eigenvalue weighted by molar-refractivity contribution is -0.385. The normalized spacial score (nSPS) is 10.0. The van der Waals surface area contributed by atoms with Crippen molar-refractivity contribution in [2.24, 2.45) is 0 Å². The zero-order valence-electron chi connectivity index (χ0n) is 12.6. The molecule has 0 aromatic heterocycles. The van der Waals surface area contributed by atoms with Gasteiger partial charge in [0, 0.05) is 6.07 Å². The van der Waals surface area contributed by atoms with E-state index >= 15 is 0 Å². The summed E-state index contributed by atoms with van der Waals surface area (Å²) in [6.07, 6.45) is 0. The second kappa shape index (κ2) is 7.26. The van der Waals surface area contributed by atoms with Gasteiger partial charge in [-0.3, -0.25) is 10.1 Å². The Balaban J connectivity index is 2.13. The maximum atomic E-state index is 12.1. The van der Waals surface area contributed by atoms with E-state index in [1.807, 2.05) is 0 Å². The third kappa shape index (κ3) is 3.76. The van der Waals surface area contributed by atoms with Crippen molar-refractivity contribution in [2.45, 2.75) is 6.61 Å². The molecule has 2 aromatic rings. The minimum absolute atomic E-state index is 0.0902. The lowest BCUT2D eigenvalue weighted by Gasteiger charge is -2.09. The van der Waals surface area contributed by atoms with Crippen LogP contribution < -0.4 is 9.47 Å². The molecule has 0 heterocycles. The van der Waals surface area contributed by atoms with Crippen molar-refractivity contribution < 1.29 is 23.9 Å². The lowest BCUT2D eigenvalue weighted by atomic mass is 10.2. The van der Waals surface area contributed by atoms with Crippen LogP contribution in [0.15, 0.2) is 42.5 Å². The maximum Gasteiger partial charge on any atom is 0.338 e. The van der Waals surface area contributed by atoms with Gasteiger partial charge in [-0.1, -0.05) is 12.1 Å². The molecule has 0 atom stereocenters. The zero-order chi connectivity index (χ0) is 16.8. The number of hydrogen-bond acceptors (Lipinski definition) is 6. The first-order valence-corrected chi connectivity index (χ1v) is 6.68. The summed E-state index contributed by atoms with van der Waals surface area (Å²) in [6.45, 7) is -0.190. The molecule has 0 fully saturated rings. The predicted molar refractivity (Wildman–Crippen MR) is 81.8 cm³/mol. The van der Waals surface area contributed by atoms with E-state index in [4.69, 9.17) is 14.2 Å². The van der Waals surface area contributed by atoms with Gasteiger partial charge in [0.2, 0.25) is 0 Å². The number of carbonyl (C=O) groups is 1. The SMILES string of the molecule is COc1ccc(C(=O)OCc2ccccc2[N+](=O)[O-])cc1OC. The highest BCUT2D eigenvalue weighted by Crippen LogP contribution is 2.28. The number of ether oxygens (including phenoxy) is 3. The van der Waals surface area contributed by atoms with Gasteiger partial charge in [-0.25, -0.2) is 4.79 Å². The summed E-state index contributed by atoms with van der Waals surface area (Å²) >= 11 is 0. The van der Waals surface area contributed by atoms with Gasteiger partial charge in [0.25, 0.3) is 5.69 Å². The quantitative estimate of drug-likeness (QED) is 0.462. The van der Waals surface area contributed by atoms with Crippen LogP contribution in [-0.2, 0) is 11.3 Å². The Morgan fingerprint density at radius 1 is 1.09 bits per heavy atom. The Morgan fingerprint density at radius 3 is 2.43 bits per heavy atom. The van der Waals surface area contributed by atoms with Gasteiger partial charge in [0.15, 0.2) is 11.5 Å². The van der Waals surface area contributed by atoms with Crippen LogP contribution in [0.3, 0.4) is 0 Å². The van der Waals surface area contributed by atoms with Crippen LogP contribution in [0.2, 0.25) is 0 Å². The molecule has 0 spiro atoms. The summed E-state index contributed by atoms with van der Waals surface area (Å²) in [5.41, 5.74) is 0.500. The number of rotatable bonds is 6. The maximum absolute atomic E-state index is 12.1. The van der Waals surface area contributed by atoms with Crippen LogP contribution in [0.1, 0.15) is 15.9 Å². The zero-order valence-corrected chi connectivity index (χ0v) is 12.6. The molecule has 0 radical (unpaired) electrons. The fourth-order valence-electron chi connectivity index (χ4n) is 2.00. The molecule has 0 unspecified atom stereocenters. The second-order valence-corrected chi connectivity index (χ2v) is 4.53. The van der Waals surface area contributed by atoms with Gasteiger partial charge in [-0.15, -0.1) is 0 Å². The van der Waals surface area contributed by atoms with Gasteiger partial charge in [0.1, 0.15) is 6.61 Å². The number of nitro groups is 1. The average molecular weight is 317 g/mol. The Bertz CT molecular complexity index is 728. The number of para-hydroxylation sites is 1. The van der Waals surface area contributed by atoms with Crippen molar-refractivity contribution in [3.8, 4) is 11.5 Å². The number of nitro benzene ring substituents is 1. The fraction of sp³-hybridized carbons (Fsp3) is 0.188. The van der Waals surface area contributed by atoms with Gasteiger partial charge in [-0.2, -0.15) is 0 Å². The number of methoxy groups -OCH3 is 2. The highest BCUT2D eigenvalue weighted by Gasteiger charge is 2.16. The van der Waals surface area contributed by atoms with Crippen LogP contribution in [0.4, 0.5) is 5.69 Å². The highest BCUT2D eigenvalue weighted by molar-refractivity contribution is 5.90. The Kier molecular flexibility index (Phi) is 5.14. The van der Waals surface area contributed by atoms with Crippen molar-refractivity contribution in [1.29, 1.82) is 0 Å². The van der Waals surface area contributed by atoms with Gasteiger partial charge >= 0.3 is 5.97 Å². The van der Waals surface area contributed by atoms with E-state index in [2.05, 4.69) is 0 Å². The summed E-state index contributed by atoms with van der Waals surface area (Å²) in [6, 6.07) is 10.7. The molecule has 23 heavy (non-hydrogen) atoms. The van der Waals surface area contributed by atoms with Crippen molar-refractivity contribution in [2.75, 3.05) is 14.2 Å². The third-order valence-electron chi connectivity index (χ3n) is 3.17. The summed E-state index contributed by atoms with van der Waals surface area (Å²) in [7, 11) is 2.95. The number of benzene rings is 2. The molecule has 0 N–H and O–H groups in total. The van der Waals surface area contributed by atoms with Crippen LogP contribution in [0.5, 0.6) is 11.5 Å². The Hall–Kier alpha value is -3.09. The molecule has 0 amide bonds. The molecule has 0 aliphatic rings. The minimum atomic E-state index is -0.607. The van der Waals surface area contributed by atoms with Crippen molar-refractivity contribution in [3.63, 3.8) is 0 Å². The van der Waals surface area contributed by atoms with Crippen molar-refractivity contribution in [1.82, 2.24) is 0 Å². The molecule has 120 valence electrons. The third-order valence-corrected chi connectivity index (χ3v) is 3.17. The summed E-state index contributed by atoms with van der Waals surface area (Å²) in [4.78, 5) is 22.5. The van der Waals surface area contributed by atoms with Crippen LogP contribution in [0, 0.1) is 10.1 Å². The Morgan fingerprint density at radius 2 is 1.78 bits per heavy atom. The molecule has 7 heteroatoms. The minimum Gasteiger partial charge on any atom is -0.493 e. The number of carbonyl (C=O) groups excluding carboxylic acids is 1. The van der Waals surface area contributed by atoms with E-state index in [1.165, 1.54) is 32.4 Å². The average Bonchev–Trinajstić information content (AvgIpc) is 2.59. The molecule has 2 rings (SSSR count). The molecule has 0 saturated heterocycles. The van der Waals surface area contributed by atoms with Crippen molar-refractivity contribution in [3.05, 3.63) is 63.7 Å². The molecule has 0 aliphatic carbocycles. The lowest BCUT2D eigenvalue weighted by Crippen LogP contribution is -2.07. The van der Waals surface area contributed by atoms with Crippen LogP contribution >= 0.6 is 0 Å². The summed E-state index contributed by atoms with van der Waals surface area (Å²) in [5, 5.41) is 10.9. The number of esters is 1. The summed E-state index contributed by atoms with van der Waals surface area (Å²) in [5.74, 6) is 0.277. The van der Waals surface area contributed by atoms with Crippen molar-refractivity contribution >= 4 is 11.7 Å². The topological polar surface area (TPSA) is 87.9 Å². The van der Waals surface area contributed by atoms with Gasteiger partial charge in [0.05, 0.1) is 30.3 Å². The smallest absolute Gasteiger partial charge is 0.338 e. The molecule has 0 bridgehead atoms. The number of nitrogens with zero attached hydrogens (tertiary/aromatic N) is 1. The molecule has 7 nitrogen and oxygen atoms in total. The van der Waals surface area contributed by atoms with Crippen LogP contribution in [0.25, 0.3) is 0 Å². The summed E-state index contributed by atoms with van der Waals surface area (Å²) < 4.78 is 15.3. The fourth-order valence-corrected chi connectivity index (χ4v) is 2.00. The van der Waals surface area contributed by atoms with E-state index in [-0.39, 0.29) is 17.9 Å². The first-order chi connectivity index (χ1) is 11.1. The first kappa shape index (κ1) is 16.3. The molecule has 0 saturated carbocycles. The molecular formula is C16H15NO6. The van der Waals surface area contributed by atoms with E-state index < -0.39 is 10.9 Å². The Labute approximate surface area is 132 Å². The highest BCUT2D eigenvalue weighted by atomic mass is 16.6. The molecule has 0 aliphatic heterocycles. The number of hydrogen-bond donors (Lipinski definition) is 0.